The van der Waals surface area contributed by atoms with Crippen molar-refractivity contribution in [3.63, 3.8) is 0 Å². The summed E-state index contributed by atoms with van der Waals surface area (Å²) in [6, 6.07) is 12.3. The highest BCUT2D eigenvalue weighted by atomic mass is 35.5. The average Bonchev–Trinajstić information content (AvgIpc) is 3.01. The number of halogens is 2. The van der Waals surface area contributed by atoms with Crippen molar-refractivity contribution in [2.75, 3.05) is 10.0 Å². The van der Waals surface area contributed by atoms with Crippen molar-refractivity contribution in [2.45, 2.75) is 9.79 Å². The molecule has 0 unspecified atom stereocenters. The van der Waals surface area contributed by atoms with E-state index in [0.717, 1.165) is 11.3 Å². The largest absolute Gasteiger partial charge is 0.322 e. The Morgan fingerprint density at radius 3 is 1.97 bits per heavy atom. The Labute approximate surface area is 186 Å². The number of carbonyl (C=O) groups excluding carboxylic acids is 1. The summed E-state index contributed by atoms with van der Waals surface area (Å²) in [5.41, 5.74) is 0.841. The zero-order valence-electron chi connectivity index (χ0n) is 14.8. The number of sulfonamides is 2. The summed E-state index contributed by atoms with van der Waals surface area (Å²) in [5, 5.41) is 7.62. The summed E-state index contributed by atoms with van der Waals surface area (Å²) >= 11 is 12.6. The third-order valence-electron chi connectivity index (χ3n) is 3.75. The van der Waals surface area contributed by atoms with E-state index in [4.69, 9.17) is 28.3 Å². The summed E-state index contributed by atoms with van der Waals surface area (Å²) in [7, 11) is -7.76. The molecule has 0 fully saturated rings. The van der Waals surface area contributed by atoms with Crippen LogP contribution in [0.25, 0.3) is 0 Å². The minimum Gasteiger partial charge on any atom is -0.322 e. The van der Waals surface area contributed by atoms with Crippen molar-refractivity contribution < 1.29 is 21.6 Å². The molecule has 1 aromatic heterocycles. The van der Waals surface area contributed by atoms with Crippen LogP contribution < -0.4 is 15.2 Å². The van der Waals surface area contributed by atoms with Crippen molar-refractivity contribution in [1.29, 1.82) is 0 Å². The molecule has 0 bridgehead atoms. The van der Waals surface area contributed by atoms with Gasteiger partial charge in [-0.1, -0.05) is 23.2 Å². The third kappa shape index (κ3) is 5.31. The molecule has 3 aromatic rings. The first-order valence-electron chi connectivity index (χ1n) is 7.98. The Kier molecular flexibility index (Phi) is 6.41. The van der Waals surface area contributed by atoms with Crippen LogP contribution in [0.15, 0.2) is 64.4 Å². The van der Waals surface area contributed by atoms with Crippen molar-refractivity contribution in [2.24, 2.45) is 5.14 Å². The molecule has 30 heavy (non-hydrogen) atoms. The normalized spacial score (nSPS) is 11.8. The van der Waals surface area contributed by atoms with Crippen LogP contribution in [0.2, 0.25) is 8.67 Å². The predicted octanol–water partition coefficient (Wildman–Crippen LogP) is 3.76. The standard InChI is InChI=1S/C17H13Cl2N3O5S3/c18-15-9-14(16(19)28-15)30(26,27)22-12-3-1-10(2-4-12)17(23)21-11-5-7-13(8-6-11)29(20,24)25/h1-9,22H,(H,21,23)(H2,20,24,25). The van der Waals surface area contributed by atoms with Crippen LogP contribution in [-0.4, -0.2) is 22.7 Å². The molecule has 0 radical (unpaired) electrons. The van der Waals surface area contributed by atoms with Gasteiger partial charge in [-0.25, -0.2) is 22.0 Å². The molecular weight excluding hydrogens is 493 g/mol. The number of hydrogen-bond donors (Lipinski definition) is 3. The van der Waals surface area contributed by atoms with E-state index >= 15 is 0 Å². The van der Waals surface area contributed by atoms with Gasteiger partial charge in [-0.2, -0.15) is 0 Å². The van der Waals surface area contributed by atoms with Crippen molar-refractivity contribution >= 4 is 71.9 Å². The van der Waals surface area contributed by atoms with Crippen LogP contribution in [0.4, 0.5) is 11.4 Å². The molecule has 0 atom stereocenters. The Morgan fingerprint density at radius 1 is 0.900 bits per heavy atom. The van der Waals surface area contributed by atoms with Crippen LogP contribution in [0.1, 0.15) is 10.4 Å². The number of amides is 1. The van der Waals surface area contributed by atoms with Crippen LogP contribution in [0.3, 0.4) is 0 Å². The Bertz CT molecular complexity index is 1300. The number of primary sulfonamides is 1. The van der Waals surface area contributed by atoms with Gasteiger partial charge in [-0.05, 0) is 54.6 Å². The Morgan fingerprint density at radius 2 is 1.47 bits per heavy atom. The van der Waals surface area contributed by atoms with Crippen LogP contribution in [0.5, 0.6) is 0 Å². The number of nitrogens with one attached hydrogen (secondary N) is 2. The maximum Gasteiger partial charge on any atom is 0.264 e. The van der Waals surface area contributed by atoms with Gasteiger partial charge in [0.05, 0.1) is 9.23 Å². The lowest BCUT2D eigenvalue weighted by molar-refractivity contribution is 0.102. The molecule has 8 nitrogen and oxygen atoms in total. The number of thiophene rings is 1. The van der Waals surface area contributed by atoms with Crippen LogP contribution >= 0.6 is 34.5 Å². The van der Waals surface area contributed by atoms with E-state index in [-0.39, 0.29) is 29.7 Å². The smallest absolute Gasteiger partial charge is 0.264 e. The fourth-order valence-electron chi connectivity index (χ4n) is 2.34. The van der Waals surface area contributed by atoms with Gasteiger partial charge in [-0.15, -0.1) is 11.3 Å². The van der Waals surface area contributed by atoms with Crippen molar-refractivity contribution in [1.82, 2.24) is 0 Å². The molecular formula is C17H13Cl2N3O5S3. The predicted molar refractivity (Wildman–Crippen MR) is 117 cm³/mol. The second kappa shape index (κ2) is 8.53. The highest BCUT2D eigenvalue weighted by Gasteiger charge is 2.21. The average molecular weight is 506 g/mol. The molecule has 0 saturated carbocycles. The molecule has 0 spiro atoms. The number of rotatable bonds is 6. The second-order valence-corrected chi connectivity index (χ2v) is 11.4. The fraction of sp³-hybridized carbons (Fsp3) is 0. The highest BCUT2D eigenvalue weighted by molar-refractivity contribution is 7.93. The van der Waals surface area contributed by atoms with E-state index in [2.05, 4.69) is 10.0 Å². The molecule has 3 rings (SSSR count). The van der Waals surface area contributed by atoms with Gasteiger partial charge in [0.1, 0.15) is 9.23 Å². The molecule has 0 aliphatic heterocycles. The van der Waals surface area contributed by atoms with Crippen LogP contribution in [0, 0.1) is 0 Å². The van der Waals surface area contributed by atoms with E-state index in [1.54, 1.807) is 0 Å². The summed E-state index contributed by atoms with van der Waals surface area (Å²) in [6.45, 7) is 0. The number of anilines is 2. The number of nitrogens with two attached hydrogens (primary N) is 1. The maximum atomic E-state index is 12.4. The van der Waals surface area contributed by atoms with E-state index in [0.29, 0.717) is 5.69 Å². The van der Waals surface area contributed by atoms with E-state index in [9.17, 15) is 21.6 Å². The van der Waals surface area contributed by atoms with Crippen molar-refractivity contribution in [3.8, 4) is 0 Å². The monoisotopic (exact) mass is 505 g/mol. The molecule has 0 aliphatic carbocycles. The summed E-state index contributed by atoms with van der Waals surface area (Å²) in [5.74, 6) is -0.472. The van der Waals surface area contributed by atoms with E-state index in [1.807, 2.05) is 0 Å². The molecule has 158 valence electrons. The lowest BCUT2D eigenvalue weighted by Gasteiger charge is -2.09. The van der Waals surface area contributed by atoms with Gasteiger partial charge in [-0.3, -0.25) is 9.52 Å². The minimum atomic E-state index is -3.94. The number of benzene rings is 2. The zero-order valence-corrected chi connectivity index (χ0v) is 18.8. The molecule has 13 heteroatoms. The lowest BCUT2D eigenvalue weighted by atomic mass is 10.2. The van der Waals surface area contributed by atoms with Gasteiger partial charge >= 0.3 is 0 Å². The summed E-state index contributed by atoms with van der Waals surface area (Å²) in [6.07, 6.45) is 0. The summed E-state index contributed by atoms with van der Waals surface area (Å²) in [4.78, 5) is 12.1. The first-order chi connectivity index (χ1) is 14.0. The Hall–Kier alpha value is -2.15. The topological polar surface area (TPSA) is 135 Å². The van der Waals surface area contributed by atoms with Gasteiger partial charge in [0, 0.05) is 16.9 Å². The fourth-order valence-corrected chi connectivity index (χ4v) is 6.06. The van der Waals surface area contributed by atoms with Crippen molar-refractivity contribution in [3.05, 3.63) is 68.8 Å². The summed E-state index contributed by atoms with van der Waals surface area (Å²) < 4.78 is 50.0. The first-order valence-corrected chi connectivity index (χ1v) is 12.6. The molecule has 0 saturated heterocycles. The second-order valence-electron chi connectivity index (χ2n) is 5.89. The first kappa shape index (κ1) is 22.5. The minimum absolute atomic E-state index is 0.0388. The molecule has 1 heterocycles. The van der Waals surface area contributed by atoms with Gasteiger partial charge in [0.25, 0.3) is 15.9 Å². The van der Waals surface area contributed by atoms with E-state index < -0.39 is 26.0 Å². The maximum absolute atomic E-state index is 12.4. The quantitative estimate of drug-likeness (QED) is 0.468. The van der Waals surface area contributed by atoms with Crippen LogP contribution in [-0.2, 0) is 20.0 Å². The Balaban J connectivity index is 1.70. The number of hydrogen-bond acceptors (Lipinski definition) is 6. The molecule has 4 N–H and O–H groups in total. The van der Waals surface area contributed by atoms with Gasteiger partial charge < -0.3 is 5.32 Å². The van der Waals surface area contributed by atoms with E-state index in [1.165, 1.54) is 54.6 Å². The lowest BCUT2D eigenvalue weighted by Crippen LogP contribution is -2.14. The highest BCUT2D eigenvalue weighted by Crippen LogP contribution is 2.35. The molecule has 1 amide bonds. The third-order valence-corrected chi connectivity index (χ3v) is 7.82. The molecule has 2 aromatic carbocycles. The zero-order chi connectivity index (χ0) is 22.1. The van der Waals surface area contributed by atoms with Gasteiger partial charge in [0.2, 0.25) is 10.0 Å². The molecule has 0 aliphatic rings. The van der Waals surface area contributed by atoms with Gasteiger partial charge in [0.15, 0.2) is 0 Å². The number of carbonyl (C=O) groups is 1. The SMILES string of the molecule is NS(=O)(=O)c1ccc(NC(=O)c2ccc(NS(=O)(=O)c3cc(Cl)sc3Cl)cc2)cc1.